The first-order valence-electron chi connectivity index (χ1n) is 4.59. The van der Waals surface area contributed by atoms with E-state index >= 15 is 0 Å². The zero-order valence-corrected chi connectivity index (χ0v) is 8.63. The maximum atomic E-state index is 11.2. The molecule has 1 heterocycles. The van der Waals surface area contributed by atoms with Gasteiger partial charge in [0.2, 0.25) is 0 Å². The molecule has 0 amide bonds. The average molecular weight is 210 g/mol. The first-order valence-corrected chi connectivity index (χ1v) is 6.42. The molecule has 0 bridgehead atoms. The van der Waals surface area contributed by atoms with Crippen LogP contribution in [-0.4, -0.2) is 33.0 Å². The lowest BCUT2D eigenvalue weighted by molar-refractivity contribution is 0.587. The van der Waals surface area contributed by atoms with Gasteiger partial charge in [-0.2, -0.15) is 0 Å². The molecule has 0 atom stereocenters. The largest absolute Gasteiger partial charge is 0.369 e. The summed E-state index contributed by atoms with van der Waals surface area (Å²) in [6.45, 7) is 1.17. The third-order valence-electron chi connectivity index (χ3n) is 2.38. The molecule has 1 aliphatic heterocycles. The van der Waals surface area contributed by atoms with Crippen LogP contribution in [0.3, 0.4) is 0 Å². The molecule has 1 fully saturated rings. The van der Waals surface area contributed by atoms with Gasteiger partial charge in [-0.15, -0.1) is 0 Å². The maximum Gasteiger partial charge on any atom is 0.153 e. The summed E-state index contributed by atoms with van der Waals surface area (Å²) in [6, 6.07) is 10.7. The molecule has 3 nitrogen and oxygen atoms in total. The summed E-state index contributed by atoms with van der Waals surface area (Å²) >= 11 is 0. The van der Waals surface area contributed by atoms with E-state index in [1.807, 2.05) is 24.3 Å². The van der Waals surface area contributed by atoms with E-state index in [1.54, 1.807) is 0 Å². The van der Waals surface area contributed by atoms with E-state index in [2.05, 4.69) is 11.0 Å². The molecule has 1 aliphatic rings. The molecule has 1 aromatic rings. The second-order valence-electron chi connectivity index (χ2n) is 3.39. The van der Waals surface area contributed by atoms with Gasteiger partial charge in [0.1, 0.15) is 0 Å². The van der Waals surface area contributed by atoms with E-state index in [0.717, 1.165) is 5.69 Å². The highest BCUT2D eigenvalue weighted by Crippen LogP contribution is 2.15. The van der Waals surface area contributed by atoms with Gasteiger partial charge in [0.25, 0.3) is 0 Å². The second-order valence-corrected chi connectivity index (χ2v) is 5.69. The van der Waals surface area contributed by atoms with Gasteiger partial charge >= 0.3 is 0 Å². The summed E-state index contributed by atoms with van der Waals surface area (Å²) in [7, 11) is -2.78. The first-order chi connectivity index (χ1) is 6.67. The molecule has 0 spiro atoms. The number of nitrogens with zero attached hydrogens (tertiary/aromatic N) is 1. The lowest BCUT2D eigenvalue weighted by Crippen LogP contribution is -2.40. The van der Waals surface area contributed by atoms with Crippen LogP contribution in [0.25, 0.3) is 0 Å². The van der Waals surface area contributed by atoms with Crippen molar-refractivity contribution >= 4 is 15.5 Å². The Balaban J connectivity index is 2.10. The Hall–Kier alpha value is -1.03. The summed E-state index contributed by atoms with van der Waals surface area (Å²) < 4.78 is 22.4. The minimum Gasteiger partial charge on any atom is -0.369 e. The smallest absolute Gasteiger partial charge is 0.153 e. The minimum atomic E-state index is -2.78. The van der Waals surface area contributed by atoms with Crippen molar-refractivity contribution < 1.29 is 8.42 Å². The summed E-state index contributed by atoms with van der Waals surface area (Å²) in [5.74, 6) is 0.519. The van der Waals surface area contributed by atoms with Crippen molar-refractivity contribution in [1.82, 2.24) is 0 Å². The third kappa shape index (κ3) is 2.07. The molecule has 75 valence electrons. The number of para-hydroxylation sites is 1. The van der Waals surface area contributed by atoms with E-state index in [4.69, 9.17) is 0 Å². The fourth-order valence-corrected chi connectivity index (χ4v) is 2.74. The molecule has 1 saturated heterocycles. The van der Waals surface area contributed by atoms with Crippen molar-refractivity contribution in [2.75, 3.05) is 29.5 Å². The number of anilines is 1. The Labute approximate surface area is 84.3 Å². The Bertz CT molecular complexity index is 385. The molecule has 0 saturated carbocycles. The van der Waals surface area contributed by atoms with Crippen LogP contribution in [0.1, 0.15) is 0 Å². The van der Waals surface area contributed by atoms with Crippen LogP contribution in [0, 0.1) is 6.07 Å². The highest BCUT2D eigenvalue weighted by Gasteiger charge is 2.21. The Morgan fingerprint density at radius 3 is 2.50 bits per heavy atom. The van der Waals surface area contributed by atoms with Crippen LogP contribution < -0.4 is 4.90 Å². The van der Waals surface area contributed by atoms with Crippen molar-refractivity contribution in [3.05, 3.63) is 30.3 Å². The fourth-order valence-electron chi connectivity index (χ4n) is 1.53. The van der Waals surface area contributed by atoms with Gasteiger partial charge in [-0.1, -0.05) is 18.2 Å². The molecule has 2 rings (SSSR count). The molecule has 1 aromatic carbocycles. The number of hydrogen-bond donors (Lipinski definition) is 0. The zero-order chi connectivity index (χ0) is 10.0. The SMILES string of the molecule is O=S1(=O)CCN(c2[c]cccc2)CC1. The predicted molar refractivity (Wildman–Crippen MR) is 56.1 cm³/mol. The molecular weight excluding hydrogens is 198 g/mol. The number of hydrogen-bond acceptors (Lipinski definition) is 3. The summed E-state index contributed by atoms with van der Waals surface area (Å²) in [5.41, 5.74) is 0.988. The van der Waals surface area contributed by atoms with E-state index in [9.17, 15) is 8.42 Å². The maximum absolute atomic E-state index is 11.2. The molecule has 1 radical (unpaired) electrons. The van der Waals surface area contributed by atoms with Gasteiger partial charge in [-0.05, 0) is 6.07 Å². The highest BCUT2D eigenvalue weighted by atomic mass is 32.2. The lowest BCUT2D eigenvalue weighted by atomic mass is 10.3. The molecule has 0 unspecified atom stereocenters. The van der Waals surface area contributed by atoms with Gasteiger partial charge in [0, 0.05) is 24.8 Å². The summed E-state index contributed by atoms with van der Waals surface area (Å²) in [4.78, 5) is 2.06. The Morgan fingerprint density at radius 2 is 1.93 bits per heavy atom. The van der Waals surface area contributed by atoms with E-state index in [1.165, 1.54) is 0 Å². The number of rotatable bonds is 1. The highest BCUT2D eigenvalue weighted by molar-refractivity contribution is 7.91. The third-order valence-corrected chi connectivity index (χ3v) is 3.99. The lowest BCUT2D eigenvalue weighted by Gasteiger charge is -2.28. The summed E-state index contributed by atoms with van der Waals surface area (Å²) in [5, 5.41) is 0. The number of benzene rings is 1. The van der Waals surface area contributed by atoms with Gasteiger partial charge in [0.05, 0.1) is 11.5 Å². The van der Waals surface area contributed by atoms with Crippen molar-refractivity contribution in [2.45, 2.75) is 0 Å². The van der Waals surface area contributed by atoms with E-state index < -0.39 is 9.84 Å². The quantitative estimate of drug-likeness (QED) is 0.685. The molecule has 0 N–H and O–H groups in total. The molecule has 4 heteroatoms. The molecule has 14 heavy (non-hydrogen) atoms. The topological polar surface area (TPSA) is 37.4 Å². The van der Waals surface area contributed by atoms with Crippen LogP contribution in [0.15, 0.2) is 24.3 Å². The number of sulfone groups is 1. The van der Waals surface area contributed by atoms with E-state index in [0.29, 0.717) is 13.1 Å². The standard InChI is InChI=1S/C10H12NO2S/c12-14(13)8-6-11(7-9-14)10-4-2-1-3-5-10/h1-4H,6-9H2. The van der Waals surface area contributed by atoms with Crippen LogP contribution in [0.4, 0.5) is 5.69 Å². The van der Waals surface area contributed by atoms with Crippen molar-refractivity contribution in [2.24, 2.45) is 0 Å². The van der Waals surface area contributed by atoms with Crippen molar-refractivity contribution in [3.63, 3.8) is 0 Å². The molecule has 0 aromatic heterocycles. The van der Waals surface area contributed by atoms with Crippen LogP contribution in [0.2, 0.25) is 0 Å². The second kappa shape index (κ2) is 3.61. The predicted octanol–water partition coefficient (Wildman–Crippen LogP) is 0.722. The average Bonchev–Trinajstić information content (AvgIpc) is 2.19. The normalized spacial score (nSPS) is 20.7. The van der Waals surface area contributed by atoms with E-state index in [-0.39, 0.29) is 11.5 Å². The zero-order valence-electron chi connectivity index (χ0n) is 7.81. The van der Waals surface area contributed by atoms with Crippen LogP contribution >= 0.6 is 0 Å². The summed E-state index contributed by atoms with van der Waals surface area (Å²) in [6.07, 6.45) is 0. The van der Waals surface area contributed by atoms with Crippen LogP contribution in [-0.2, 0) is 9.84 Å². The molecule has 0 aliphatic carbocycles. The monoisotopic (exact) mass is 210 g/mol. The Kier molecular flexibility index (Phi) is 2.46. The minimum absolute atomic E-state index is 0.260. The van der Waals surface area contributed by atoms with Crippen LogP contribution in [0.5, 0.6) is 0 Å². The Morgan fingerprint density at radius 1 is 1.21 bits per heavy atom. The van der Waals surface area contributed by atoms with Crippen molar-refractivity contribution in [3.8, 4) is 0 Å². The molecular formula is C10H12NO2S. The van der Waals surface area contributed by atoms with Gasteiger partial charge in [-0.3, -0.25) is 0 Å². The van der Waals surface area contributed by atoms with Gasteiger partial charge < -0.3 is 4.90 Å². The fraction of sp³-hybridized carbons (Fsp3) is 0.400. The van der Waals surface area contributed by atoms with Gasteiger partial charge in [0.15, 0.2) is 9.84 Å². The van der Waals surface area contributed by atoms with Gasteiger partial charge in [-0.25, -0.2) is 8.42 Å². The first kappa shape index (κ1) is 9.52. The van der Waals surface area contributed by atoms with Crippen molar-refractivity contribution in [1.29, 1.82) is 0 Å².